The Morgan fingerprint density at radius 1 is 1.39 bits per heavy atom. The van der Waals surface area contributed by atoms with E-state index in [1.54, 1.807) is 30.0 Å². The molecule has 5 nitrogen and oxygen atoms in total. The number of carbonyl (C=O) groups is 1. The molecular weight excluding hydrogens is 344 g/mol. The Morgan fingerprint density at radius 2 is 2.13 bits per heavy atom. The number of nitrogens with zero attached hydrogens (tertiary/aromatic N) is 2. The quantitative estimate of drug-likeness (QED) is 0.462. The Kier molecular flexibility index (Phi) is 6.48. The summed E-state index contributed by atoms with van der Waals surface area (Å²) >= 11 is 2.85. The molecule has 0 atom stereocenters. The zero-order chi connectivity index (χ0) is 16.7. The normalized spacial score (nSPS) is 11.1. The molecule has 0 unspecified atom stereocenters. The lowest BCUT2D eigenvalue weighted by atomic mass is 10.2. The van der Waals surface area contributed by atoms with Crippen LogP contribution < -0.4 is 10.1 Å². The van der Waals surface area contributed by atoms with Gasteiger partial charge >= 0.3 is 6.61 Å². The smallest absolute Gasteiger partial charge is 0.387 e. The molecule has 2 aromatic rings. The number of ether oxygens (including phenoxy) is 1. The van der Waals surface area contributed by atoms with E-state index in [9.17, 15) is 13.6 Å². The molecule has 9 heteroatoms. The van der Waals surface area contributed by atoms with Crippen LogP contribution in [0.2, 0.25) is 0 Å². The Balaban J connectivity index is 1.89. The fraction of sp³-hybridized carbons (Fsp3) is 0.214. The largest absolute Gasteiger partial charge is 0.435 e. The summed E-state index contributed by atoms with van der Waals surface area (Å²) in [6, 6.07) is 5.95. The summed E-state index contributed by atoms with van der Waals surface area (Å²) in [6.45, 7) is -0.852. The van der Waals surface area contributed by atoms with Crippen molar-refractivity contribution in [3.63, 3.8) is 0 Å². The summed E-state index contributed by atoms with van der Waals surface area (Å²) in [5, 5.41) is 10.8. The van der Waals surface area contributed by atoms with Crippen molar-refractivity contribution in [2.75, 3.05) is 11.1 Å². The lowest BCUT2D eigenvalue weighted by Crippen LogP contribution is -2.07. The van der Waals surface area contributed by atoms with Crippen molar-refractivity contribution in [3.05, 3.63) is 35.9 Å². The molecule has 23 heavy (non-hydrogen) atoms. The molecule has 0 saturated heterocycles. The molecule has 0 aliphatic heterocycles. The Morgan fingerprint density at radius 3 is 2.78 bits per heavy atom. The minimum absolute atomic E-state index is 0.0661. The highest BCUT2D eigenvalue weighted by molar-refractivity contribution is 8.01. The first-order chi connectivity index (χ1) is 11.1. The first kappa shape index (κ1) is 17.4. The number of thioether (sulfide) groups is 1. The number of alkyl halides is 2. The molecule has 0 spiro atoms. The van der Waals surface area contributed by atoms with E-state index in [0.29, 0.717) is 10.7 Å². The third kappa shape index (κ3) is 5.95. The van der Waals surface area contributed by atoms with Gasteiger partial charge in [-0.1, -0.05) is 42.2 Å². The fourth-order valence-electron chi connectivity index (χ4n) is 1.52. The van der Waals surface area contributed by atoms with Gasteiger partial charge in [-0.3, -0.25) is 10.1 Å². The van der Waals surface area contributed by atoms with Crippen LogP contribution in [0.15, 0.2) is 34.7 Å². The lowest BCUT2D eigenvalue weighted by Gasteiger charge is -2.03. The van der Waals surface area contributed by atoms with Gasteiger partial charge in [0, 0.05) is 6.08 Å². The number of rotatable bonds is 7. The molecule has 1 aromatic carbocycles. The van der Waals surface area contributed by atoms with E-state index >= 15 is 0 Å². The first-order valence-electron chi connectivity index (χ1n) is 6.57. The average Bonchev–Trinajstić information content (AvgIpc) is 2.93. The highest BCUT2D eigenvalue weighted by Gasteiger charge is 2.06. The average molecular weight is 357 g/mol. The third-order valence-electron chi connectivity index (χ3n) is 2.44. The van der Waals surface area contributed by atoms with Crippen LogP contribution in [0.5, 0.6) is 5.75 Å². The predicted molar refractivity (Wildman–Crippen MR) is 87.0 cm³/mol. The topological polar surface area (TPSA) is 64.1 Å². The van der Waals surface area contributed by atoms with Gasteiger partial charge in [-0.05, 0) is 29.5 Å². The number of carbonyl (C=O) groups excluding carboxylic acids is 1. The van der Waals surface area contributed by atoms with Crippen LogP contribution in [0.3, 0.4) is 0 Å². The van der Waals surface area contributed by atoms with Crippen molar-refractivity contribution in [1.82, 2.24) is 10.2 Å². The van der Waals surface area contributed by atoms with E-state index < -0.39 is 6.61 Å². The second-order valence-electron chi connectivity index (χ2n) is 4.08. The van der Waals surface area contributed by atoms with Crippen molar-refractivity contribution in [3.8, 4) is 5.75 Å². The molecule has 1 heterocycles. The molecule has 0 radical (unpaired) electrons. The standard InChI is InChI=1S/C14H13F2N3O2S2/c1-2-22-14-19-18-13(23-14)17-11(20)8-5-9-3-6-10(7-4-9)21-12(15)16/h3-8,12H,2H2,1H3,(H,17,18,20)/b8-5+. The van der Waals surface area contributed by atoms with Gasteiger partial charge in [0.2, 0.25) is 11.0 Å². The Bertz CT molecular complexity index is 675. The molecule has 0 saturated carbocycles. The van der Waals surface area contributed by atoms with Crippen LogP contribution in [0.1, 0.15) is 12.5 Å². The van der Waals surface area contributed by atoms with Crippen LogP contribution >= 0.6 is 23.1 Å². The molecule has 122 valence electrons. The van der Waals surface area contributed by atoms with Crippen LogP contribution in [0.25, 0.3) is 6.08 Å². The maximum absolute atomic E-state index is 12.0. The Hall–Kier alpha value is -2.00. The number of hydrogen-bond acceptors (Lipinski definition) is 6. The monoisotopic (exact) mass is 357 g/mol. The van der Waals surface area contributed by atoms with E-state index in [1.165, 1.54) is 29.5 Å². The van der Waals surface area contributed by atoms with Gasteiger partial charge in [0.25, 0.3) is 0 Å². The van der Waals surface area contributed by atoms with E-state index in [-0.39, 0.29) is 11.7 Å². The van der Waals surface area contributed by atoms with Crippen molar-refractivity contribution >= 4 is 40.2 Å². The van der Waals surface area contributed by atoms with Crippen LogP contribution in [0, 0.1) is 0 Å². The zero-order valence-electron chi connectivity index (χ0n) is 12.0. The summed E-state index contributed by atoms with van der Waals surface area (Å²) in [5.74, 6) is 0.604. The highest BCUT2D eigenvalue weighted by atomic mass is 32.2. The number of halogens is 2. The fourth-order valence-corrected chi connectivity index (χ4v) is 3.17. The molecule has 1 amide bonds. The van der Waals surface area contributed by atoms with Gasteiger partial charge in [0.05, 0.1) is 0 Å². The molecule has 0 fully saturated rings. The minimum atomic E-state index is -2.86. The molecule has 1 N–H and O–H groups in total. The van der Waals surface area contributed by atoms with Gasteiger partial charge < -0.3 is 4.74 Å². The number of nitrogens with one attached hydrogen (secondary N) is 1. The number of anilines is 1. The maximum atomic E-state index is 12.0. The number of aromatic nitrogens is 2. The summed E-state index contributed by atoms with van der Waals surface area (Å²) in [7, 11) is 0. The second kappa shape index (κ2) is 8.59. The minimum Gasteiger partial charge on any atom is -0.435 e. The molecule has 1 aromatic heterocycles. The molecule has 0 aliphatic carbocycles. The second-order valence-corrected chi connectivity index (χ2v) is 6.56. The highest BCUT2D eigenvalue weighted by Crippen LogP contribution is 2.25. The Labute approximate surface area is 139 Å². The van der Waals surface area contributed by atoms with Gasteiger partial charge in [-0.15, -0.1) is 10.2 Å². The summed E-state index contributed by atoms with van der Waals surface area (Å²) in [5.41, 5.74) is 0.682. The number of hydrogen-bond donors (Lipinski definition) is 1. The molecule has 0 bridgehead atoms. The summed E-state index contributed by atoms with van der Waals surface area (Å²) in [6.07, 6.45) is 2.89. The zero-order valence-corrected chi connectivity index (χ0v) is 13.7. The van der Waals surface area contributed by atoms with Crippen molar-refractivity contribution < 1.29 is 18.3 Å². The number of benzene rings is 1. The SMILES string of the molecule is CCSc1nnc(NC(=O)/C=C/c2ccc(OC(F)F)cc2)s1. The summed E-state index contributed by atoms with van der Waals surface area (Å²) < 4.78 is 29.1. The molecular formula is C14H13F2N3O2S2. The van der Waals surface area contributed by atoms with Crippen LogP contribution in [-0.4, -0.2) is 28.5 Å². The maximum Gasteiger partial charge on any atom is 0.387 e. The van der Waals surface area contributed by atoms with Crippen molar-refractivity contribution in [2.45, 2.75) is 17.9 Å². The van der Waals surface area contributed by atoms with E-state index in [4.69, 9.17) is 0 Å². The van der Waals surface area contributed by atoms with Crippen molar-refractivity contribution in [1.29, 1.82) is 0 Å². The van der Waals surface area contributed by atoms with Gasteiger partial charge in [0.1, 0.15) is 5.75 Å². The van der Waals surface area contributed by atoms with Crippen LogP contribution in [0.4, 0.5) is 13.9 Å². The number of amides is 1. The van der Waals surface area contributed by atoms with Gasteiger partial charge in [-0.25, -0.2) is 0 Å². The first-order valence-corrected chi connectivity index (χ1v) is 8.37. The van der Waals surface area contributed by atoms with Gasteiger partial charge in [0.15, 0.2) is 4.34 Å². The predicted octanol–water partition coefficient (Wildman–Crippen LogP) is 3.90. The van der Waals surface area contributed by atoms with Crippen LogP contribution in [-0.2, 0) is 4.79 Å². The summed E-state index contributed by atoms with van der Waals surface area (Å²) in [4.78, 5) is 11.8. The lowest BCUT2D eigenvalue weighted by molar-refractivity contribution is -0.111. The molecule has 2 rings (SSSR count). The van der Waals surface area contributed by atoms with E-state index in [2.05, 4.69) is 20.3 Å². The van der Waals surface area contributed by atoms with E-state index in [1.807, 2.05) is 6.92 Å². The third-order valence-corrected chi connectivity index (χ3v) is 4.29. The molecule has 0 aliphatic rings. The van der Waals surface area contributed by atoms with Gasteiger partial charge in [-0.2, -0.15) is 8.78 Å². The van der Waals surface area contributed by atoms with E-state index in [0.717, 1.165) is 10.1 Å². The van der Waals surface area contributed by atoms with Crippen molar-refractivity contribution in [2.24, 2.45) is 0 Å².